The number of hydrogen-bond acceptors (Lipinski definition) is 7. The van der Waals surface area contributed by atoms with Gasteiger partial charge in [-0.3, -0.25) is 9.36 Å². The summed E-state index contributed by atoms with van der Waals surface area (Å²) in [5.74, 6) is 0.561. The number of aromatic nitrogens is 1. The van der Waals surface area contributed by atoms with Crippen LogP contribution in [0, 0.1) is 0 Å². The number of ether oxygens (including phenoxy) is 3. The summed E-state index contributed by atoms with van der Waals surface area (Å²) < 4.78 is 18.6. The van der Waals surface area contributed by atoms with E-state index < -0.39 is 12.0 Å². The number of esters is 1. The Morgan fingerprint density at radius 2 is 1.66 bits per heavy atom. The van der Waals surface area contributed by atoms with Crippen LogP contribution in [0.25, 0.3) is 27.6 Å². The van der Waals surface area contributed by atoms with E-state index in [1.54, 1.807) is 44.8 Å². The van der Waals surface area contributed by atoms with Crippen molar-refractivity contribution in [2.75, 3.05) is 20.8 Å². The monoisotopic (exact) mass is 564 g/mol. The second-order valence-electron chi connectivity index (χ2n) is 9.64. The summed E-state index contributed by atoms with van der Waals surface area (Å²) in [5.41, 5.74) is 2.14. The Balaban J connectivity index is 1.65. The molecule has 4 aromatic carbocycles. The Bertz CT molecular complexity index is 2000. The van der Waals surface area contributed by atoms with E-state index in [0.717, 1.165) is 27.1 Å². The molecule has 1 aliphatic rings. The lowest BCUT2D eigenvalue weighted by Gasteiger charge is -2.26. The van der Waals surface area contributed by atoms with E-state index in [-0.39, 0.29) is 12.2 Å². The molecule has 0 aliphatic carbocycles. The lowest BCUT2D eigenvalue weighted by atomic mass is 9.95. The van der Waals surface area contributed by atoms with E-state index in [1.165, 1.54) is 11.3 Å². The van der Waals surface area contributed by atoms with Crippen molar-refractivity contribution >= 4 is 44.9 Å². The molecule has 0 amide bonds. The number of nitrogens with zero attached hydrogens (tertiary/aromatic N) is 2. The summed E-state index contributed by atoms with van der Waals surface area (Å²) in [4.78, 5) is 32.8. The summed E-state index contributed by atoms with van der Waals surface area (Å²) in [6.07, 6.45) is 1.94. The highest BCUT2D eigenvalue weighted by Gasteiger charge is 2.35. The van der Waals surface area contributed by atoms with Crippen molar-refractivity contribution in [2.45, 2.75) is 19.9 Å². The minimum Gasteiger partial charge on any atom is -0.497 e. The van der Waals surface area contributed by atoms with Crippen LogP contribution in [-0.4, -0.2) is 31.4 Å². The molecule has 0 N–H and O–H groups in total. The normalized spacial score (nSPS) is 15.1. The van der Waals surface area contributed by atoms with Crippen LogP contribution < -0.4 is 24.4 Å². The molecule has 0 spiro atoms. The standard InChI is InChI=1S/C33H28N2O5S/c1-5-40-32(37)29-19(2)34-33-35(30(29)25-15-14-22(38-3)17-27(25)39-4)31(36)28(41-33)18-26-23-12-8-6-10-20(23)16-21-11-7-9-13-24(21)26/h6-18,30H,5H2,1-4H3/b28-18-/t30-/m0/s1. The summed E-state index contributed by atoms with van der Waals surface area (Å²) in [7, 11) is 3.12. The Hall–Kier alpha value is -4.69. The van der Waals surface area contributed by atoms with Gasteiger partial charge in [0.05, 0.1) is 36.6 Å². The number of carbonyl (C=O) groups excluding carboxylic acids is 1. The molecule has 1 atom stereocenters. The highest BCUT2D eigenvalue weighted by molar-refractivity contribution is 7.07. The van der Waals surface area contributed by atoms with Gasteiger partial charge in [0.15, 0.2) is 4.80 Å². The van der Waals surface area contributed by atoms with E-state index in [1.807, 2.05) is 36.4 Å². The van der Waals surface area contributed by atoms with Gasteiger partial charge in [-0.2, -0.15) is 0 Å². The molecule has 206 valence electrons. The van der Waals surface area contributed by atoms with Crippen molar-refractivity contribution in [3.05, 3.63) is 115 Å². The maximum Gasteiger partial charge on any atom is 0.338 e. The Labute approximate surface area is 240 Å². The van der Waals surface area contributed by atoms with Gasteiger partial charge in [0.25, 0.3) is 5.56 Å². The zero-order chi connectivity index (χ0) is 28.7. The molecule has 0 fully saturated rings. The van der Waals surface area contributed by atoms with Crippen molar-refractivity contribution in [3.63, 3.8) is 0 Å². The molecule has 7 nitrogen and oxygen atoms in total. The van der Waals surface area contributed by atoms with Gasteiger partial charge in [0, 0.05) is 11.6 Å². The highest BCUT2D eigenvalue weighted by Crippen LogP contribution is 2.37. The van der Waals surface area contributed by atoms with Crippen molar-refractivity contribution in [3.8, 4) is 11.5 Å². The largest absolute Gasteiger partial charge is 0.497 e. The zero-order valence-corrected chi connectivity index (χ0v) is 24.0. The van der Waals surface area contributed by atoms with Crippen LogP contribution in [0.3, 0.4) is 0 Å². The number of benzene rings is 4. The molecule has 0 saturated carbocycles. The van der Waals surface area contributed by atoms with Crippen molar-refractivity contribution in [1.29, 1.82) is 0 Å². The quantitative estimate of drug-likeness (QED) is 0.211. The van der Waals surface area contributed by atoms with Gasteiger partial charge in [0.1, 0.15) is 17.5 Å². The molecule has 6 rings (SSSR count). The number of carbonyl (C=O) groups is 1. The summed E-state index contributed by atoms with van der Waals surface area (Å²) >= 11 is 1.30. The zero-order valence-electron chi connectivity index (χ0n) is 23.1. The van der Waals surface area contributed by atoms with Crippen molar-refractivity contribution in [1.82, 2.24) is 4.57 Å². The lowest BCUT2D eigenvalue weighted by Crippen LogP contribution is -2.40. The molecule has 0 radical (unpaired) electrons. The average Bonchev–Trinajstić information content (AvgIpc) is 3.29. The van der Waals surface area contributed by atoms with Crippen LogP contribution in [0.1, 0.15) is 31.0 Å². The number of allylic oxidation sites excluding steroid dienone is 1. The van der Waals surface area contributed by atoms with Gasteiger partial charge in [-0.1, -0.05) is 59.9 Å². The second kappa shape index (κ2) is 10.7. The van der Waals surface area contributed by atoms with Crippen LogP contribution in [0.5, 0.6) is 11.5 Å². The number of hydrogen-bond donors (Lipinski definition) is 0. The van der Waals surface area contributed by atoms with Gasteiger partial charge in [0.2, 0.25) is 0 Å². The van der Waals surface area contributed by atoms with E-state index in [2.05, 4.69) is 30.3 Å². The molecule has 1 aliphatic heterocycles. The van der Waals surface area contributed by atoms with Crippen molar-refractivity contribution < 1.29 is 19.0 Å². The highest BCUT2D eigenvalue weighted by atomic mass is 32.1. The first kappa shape index (κ1) is 26.5. The maximum atomic E-state index is 14.3. The third-order valence-corrected chi connectivity index (χ3v) is 8.32. The summed E-state index contributed by atoms with van der Waals surface area (Å²) in [6.45, 7) is 3.71. The average molecular weight is 565 g/mol. The third-order valence-electron chi connectivity index (χ3n) is 7.34. The Morgan fingerprint density at radius 3 is 2.29 bits per heavy atom. The molecule has 41 heavy (non-hydrogen) atoms. The van der Waals surface area contributed by atoms with Crippen LogP contribution in [0.15, 0.2) is 93.9 Å². The predicted octanol–water partition coefficient (Wildman–Crippen LogP) is 5.12. The summed E-state index contributed by atoms with van der Waals surface area (Å²) in [6, 6.07) is 23.0. The van der Waals surface area contributed by atoms with Gasteiger partial charge in [-0.05, 0) is 65.2 Å². The predicted molar refractivity (Wildman–Crippen MR) is 161 cm³/mol. The first-order valence-corrected chi connectivity index (χ1v) is 14.1. The SMILES string of the molecule is CCOC(=O)C1=C(C)N=c2s/c(=C\c3c4ccccc4cc4ccccc34)c(=O)n2[C@H]1c1ccc(OC)cc1OC. The fourth-order valence-electron chi connectivity index (χ4n) is 5.47. The van der Waals surface area contributed by atoms with Crippen LogP contribution in [0.4, 0.5) is 0 Å². The van der Waals surface area contributed by atoms with Crippen molar-refractivity contribution in [2.24, 2.45) is 4.99 Å². The van der Waals surface area contributed by atoms with Gasteiger partial charge in [-0.25, -0.2) is 9.79 Å². The minimum atomic E-state index is -0.794. The number of thiazole rings is 1. The molecule has 1 aromatic heterocycles. The van der Waals surface area contributed by atoms with Crippen LogP contribution in [0.2, 0.25) is 0 Å². The van der Waals surface area contributed by atoms with Crippen LogP contribution >= 0.6 is 11.3 Å². The number of fused-ring (bicyclic) bond motifs is 3. The van der Waals surface area contributed by atoms with Gasteiger partial charge >= 0.3 is 5.97 Å². The smallest absolute Gasteiger partial charge is 0.338 e. The minimum absolute atomic E-state index is 0.195. The summed E-state index contributed by atoms with van der Waals surface area (Å²) in [5, 5.41) is 4.28. The lowest BCUT2D eigenvalue weighted by molar-refractivity contribution is -0.139. The Morgan fingerprint density at radius 1 is 0.976 bits per heavy atom. The first-order chi connectivity index (χ1) is 19.9. The van der Waals surface area contributed by atoms with E-state index in [0.29, 0.717) is 37.7 Å². The molecular formula is C33H28N2O5S. The number of methoxy groups -OCH3 is 2. The van der Waals surface area contributed by atoms with E-state index in [4.69, 9.17) is 19.2 Å². The fraction of sp³-hybridized carbons (Fsp3) is 0.182. The first-order valence-electron chi connectivity index (χ1n) is 13.3. The van der Waals surface area contributed by atoms with E-state index in [9.17, 15) is 9.59 Å². The van der Waals surface area contributed by atoms with Gasteiger partial charge in [-0.15, -0.1) is 0 Å². The van der Waals surface area contributed by atoms with Gasteiger partial charge < -0.3 is 14.2 Å². The second-order valence-corrected chi connectivity index (χ2v) is 10.7. The molecule has 5 aromatic rings. The molecular weight excluding hydrogens is 536 g/mol. The fourth-order valence-corrected chi connectivity index (χ4v) is 6.49. The Kier molecular flexibility index (Phi) is 6.93. The number of rotatable bonds is 6. The molecule has 2 heterocycles. The molecule has 0 bridgehead atoms. The van der Waals surface area contributed by atoms with E-state index >= 15 is 0 Å². The molecule has 8 heteroatoms. The topological polar surface area (TPSA) is 79.1 Å². The van der Waals surface area contributed by atoms with Crippen LogP contribution in [-0.2, 0) is 9.53 Å². The molecule has 0 saturated heterocycles. The maximum absolute atomic E-state index is 14.3. The molecule has 0 unspecified atom stereocenters. The third kappa shape index (κ3) is 4.50.